The van der Waals surface area contributed by atoms with Gasteiger partial charge in [-0.15, -0.1) is 0 Å². The summed E-state index contributed by atoms with van der Waals surface area (Å²) in [6.07, 6.45) is 0.750. The molecule has 0 amide bonds. The number of halogens is 1. The van der Waals surface area contributed by atoms with E-state index in [1.807, 2.05) is 25.1 Å². The number of carbonyl (C=O) groups excluding carboxylic acids is 1. The number of rotatable bonds is 2. The zero-order chi connectivity index (χ0) is 12.4. The van der Waals surface area contributed by atoms with Crippen LogP contribution in [-0.2, 0) is 9.53 Å². The molecule has 1 aliphatic heterocycles. The summed E-state index contributed by atoms with van der Waals surface area (Å²) in [5, 5.41) is 3.89. The number of benzene rings is 1. The van der Waals surface area contributed by atoms with Gasteiger partial charge < -0.3 is 10.1 Å². The number of hydrogen-bond donors (Lipinski definition) is 1. The number of hydrogen-bond acceptors (Lipinski definition) is 4. The number of carbonyl (C=O) groups is 1. The largest absolute Gasteiger partial charge is 0.465 e. The summed E-state index contributed by atoms with van der Waals surface area (Å²) >= 11 is 7.33. The van der Waals surface area contributed by atoms with Crippen LogP contribution in [-0.4, -0.2) is 13.1 Å². The monoisotopic (exact) mass is 269 g/mol. The number of methoxy groups -OCH3 is 1. The van der Waals surface area contributed by atoms with Crippen molar-refractivity contribution in [2.75, 3.05) is 12.4 Å². The molecule has 90 valence electrons. The fraction of sp³-hybridized carbons (Fsp3) is 0.250. The third kappa shape index (κ3) is 2.42. The Balaban J connectivity index is 2.40. The van der Waals surface area contributed by atoms with Gasteiger partial charge in [0, 0.05) is 15.6 Å². The molecule has 0 unspecified atom stereocenters. The number of fused-ring (bicyclic) bond motifs is 1. The fourth-order valence-electron chi connectivity index (χ4n) is 1.58. The van der Waals surface area contributed by atoms with Gasteiger partial charge in [-0.05, 0) is 24.6 Å². The molecule has 0 spiro atoms. The Labute approximate surface area is 109 Å². The van der Waals surface area contributed by atoms with Crippen molar-refractivity contribution in [3.05, 3.63) is 33.8 Å². The molecule has 0 fully saturated rings. The van der Waals surface area contributed by atoms with E-state index in [1.54, 1.807) is 0 Å². The summed E-state index contributed by atoms with van der Waals surface area (Å²) in [5.74, 6) is -0.315. The molecule has 5 heteroatoms. The van der Waals surface area contributed by atoms with E-state index in [0.29, 0.717) is 9.93 Å². The van der Waals surface area contributed by atoms with Crippen LogP contribution in [0.2, 0.25) is 5.02 Å². The number of ether oxygens (including phenoxy) is 1. The van der Waals surface area contributed by atoms with E-state index < -0.39 is 0 Å². The van der Waals surface area contributed by atoms with Crippen LogP contribution >= 0.6 is 23.4 Å². The summed E-state index contributed by atoms with van der Waals surface area (Å²) < 4.78 is 4.78. The molecule has 17 heavy (non-hydrogen) atoms. The predicted molar refractivity (Wildman–Crippen MR) is 70.3 cm³/mol. The lowest BCUT2D eigenvalue weighted by atomic mass is 10.2. The van der Waals surface area contributed by atoms with Crippen molar-refractivity contribution < 1.29 is 9.53 Å². The van der Waals surface area contributed by atoms with Crippen LogP contribution in [0.15, 0.2) is 33.7 Å². The Bertz CT molecular complexity index is 499. The van der Waals surface area contributed by atoms with Crippen molar-refractivity contribution in [1.29, 1.82) is 0 Å². The number of anilines is 1. The summed E-state index contributed by atoms with van der Waals surface area (Å²) in [7, 11) is 1.39. The number of nitrogens with one attached hydrogen (secondary N) is 1. The van der Waals surface area contributed by atoms with Crippen LogP contribution in [0, 0.1) is 0 Å². The van der Waals surface area contributed by atoms with Gasteiger partial charge in [-0.2, -0.15) is 0 Å². The van der Waals surface area contributed by atoms with E-state index in [2.05, 4.69) is 5.32 Å². The summed E-state index contributed by atoms with van der Waals surface area (Å²) in [5.41, 5.74) is 1.86. The predicted octanol–water partition coefficient (Wildman–Crippen LogP) is 3.65. The van der Waals surface area contributed by atoms with Crippen molar-refractivity contribution in [3.63, 3.8) is 0 Å². The lowest BCUT2D eigenvalue weighted by Crippen LogP contribution is -2.14. The molecule has 2 rings (SSSR count). The highest BCUT2D eigenvalue weighted by molar-refractivity contribution is 8.04. The maximum absolute atomic E-state index is 11.7. The third-order valence-corrected chi connectivity index (χ3v) is 3.85. The van der Waals surface area contributed by atoms with E-state index in [-0.39, 0.29) is 5.97 Å². The van der Waals surface area contributed by atoms with Gasteiger partial charge in [0.25, 0.3) is 0 Å². The molecule has 1 N–H and O–H groups in total. The van der Waals surface area contributed by atoms with E-state index in [0.717, 1.165) is 22.7 Å². The van der Waals surface area contributed by atoms with Crippen molar-refractivity contribution in [2.45, 2.75) is 18.2 Å². The standard InChI is InChI=1S/C12H12ClNO2S/c1-3-8-11(12(15)16-2)17-10-6-7(13)4-5-9(10)14-8/h4-6,14H,3H2,1-2H3. The van der Waals surface area contributed by atoms with Gasteiger partial charge >= 0.3 is 5.97 Å². The minimum absolute atomic E-state index is 0.315. The van der Waals surface area contributed by atoms with Crippen molar-refractivity contribution in [3.8, 4) is 0 Å². The first-order valence-corrected chi connectivity index (χ1v) is 6.41. The van der Waals surface area contributed by atoms with E-state index in [9.17, 15) is 4.79 Å². The van der Waals surface area contributed by atoms with Crippen LogP contribution in [0.3, 0.4) is 0 Å². The minimum atomic E-state index is -0.315. The Kier molecular flexibility index (Phi) is 3.64. The first-order chi connectivity index (χ1) is 8.15. The molecule has 0 saturated heterocycles. The molecule has 0 saturated carbocycles. The molecule has 1 aromatic carbocycles. The average Bonchev–Trinajstić information content (AvgIpc) is 2.36. The maximum atomic E-state index is 11.7. The Hall–Kier alpha value is -1.13. The Morgan fingerprint density at radius 2 is 2.29 bits per heavy atom. The van der Waals surface area contributed by atoms with Crippen LogP contribution in [0.5, 0.6) is 0 Å². The SMILES string of the molecule is CCC1=C(C(=O)OC)Sc2cc(Cl)ccc2N1. The van der Waals surface area contributed by atoms with Crippen molar-refractivity contribution in [1.82, 2.24) is 0 Å². The lowest BCUT2D eigenvalue weighted by molar-refractivity contribution is -0.135. The highest BCUT2D eigenvalue weighted by Gasteiger charge is 2.23. The van der Waals surface area contributed by atoms with Gasteiger partial charge in [0.1, 0.15) is 4.91 Å². The van der Waals surface area contributed by atoms with Crippen LogP contribution in [0.1, 0.15) is 13.3 Å². The summed E-state index contributed by atoms with van der Waals surface area (Å²) in [4.78, 5) is 13.2. The molecule has 3 nitrogen and oxygen atoms in total. The molecule has 0 radical (unpaired) electrons. The highest BCUT2D eigenvalue weighted by Crippen LogP contribution is 2.41. The van der Waals surface area contributed by atoms with Gasteiger partial charge in [-0.3, -0.25) is 0 Å². The smallest absolute Gasteiger partial charge is 0.346 e. The molecule has 0 bridgehead atoms. The molecule has 0 aromatic heterocycles. The molecule has 1 aliphatic rings. The molecular formula is C12H12ClNO2S. The second kappa shape index (κ2) is 5.02. The molecule has 0 atom stereocenters. The zero-order valence-corrected chi connectivity index (χ0v) is 11.1. The quantitative estimate of drug-likeness (QED) is 0.832. The number of thioether (sulfide) groups is 1. The molecule has 0 aliphatic carbocycles. The van der Waals surface area contributed by atoms with E-state index >= 15 is 0 Å². The summed E-state index contributed by atoms with van der Waals surface area (Å²) in [6, 6.07) is 5.57. The van der Waals surface area contributed by atoms with Crippen molar-refractivity contribution in [2.24, 2.45) is 0 Å². The van der Waals surface area contributed by atoms with Gasteiger partial charge in [-0.1, -0.05) is 30.3 Å². The zero-order valence-electron chi connectivity index (χ0n) is 9.54. The molecule has 1 heterocycles. The Morgan fingerprint density at radius 1 is 1.53 bits per heavy atom. The first-order valence-electron chi connectivity index (χ1n) is 5.21. The average molecular weight is 270 g/mol. The fourth-order valence-corrected chi connectivity index (χ4v) is 2.94. The van der Waals surface area contributed by atoms with Crippen LogP contribution in [0.25, 0.3) is 0 Å². The number of allylic oxidation sites excluding steroid dienone is 1. The van der Waals surface area contributed by atoms with E-state index in [4.69, 9.17) is 16.3 Å². The topological polar surface area (TPSA) is 38.3 Å². The molecule has 1 aromatic rings. The first kappa shape index (κ1) is 12.3. The summed E-state index contributed by atoms with van der Waals surface area (Å²) in [6.45, 7) is 1.99. The highest BCUT2D eigenvalue weighted by atomic mass is 35.5. The lowest BCUT2D eigenvalue weighted by Gasteiger charge is -2.22. The Morgan fingerprint density at radius 3 is 2.94 bits per heavy atom. The second-order valence-electron chi connectivity index (χ2n) is 3.52. The van der Waals surface area contributed by atoms with Gasteiger partial charge in [0.15, 0.2) is 0 Å². The number of esters is 1. The normalized spacial score (nSPS) is 14.1. The molecular weight excluding hydrogens is 258 g/mol. The van der Waals surface area contributed by atoms with E-state index in [1.165, 1.54) is 18.9 Å². The van der Waals surface area contributed by atoms with Crippen molar-refractivity contribution >= 4 is 35.0 Å². The van der Waals surface area contributed by atoms with Crippen LogP contribution < -0.4 is 5.32 Å². The minimum Gasteiger partial charge on any atom is -0.465 e. The van der Waals surface area contributed by atoms with Gasteiger partial charge in [-0.25, -0.2) is 4.79 Å². The maximum Gasteiger partial charge on any atom is 0.346 e. The third-order valence-electron chi connectivity index (χ3n) is 2.44. The second-order valence-corrected chi connectivity index (χ2v) is 5.01. The van der Waals surface area contributed by atoms with Gasteiger partial charge in [0.2, 0.25) is 0 Å². The van der Waals surface area contributed by atoms with Crippen LogP contribution in [0.4, 0.5) is 5.69 Å². The van der Waals surface area contributed by atoms with Gasteiger partial charge in [0.05, 0.1) is 12.8 Å².